The fourth-order valence-electron chi connectivity index (χ4n) is 2.69. The number of nitrogens with zero attached hydrogens (tertiary/aromatic N) is 4. The number of amides is 1. The molecule has 2 aromatic heterocycles. The molecule has 8 heteroatoms. The van der Waals surface area contributed by atoms with Crippen molar-refractivity contribution in [2.24, 2.45) is 0 Å². The van der Waals surface area contributed by atoms with E-state index < -0.39 is 0 Å². The molecule has 1 N–H and O–H groups in total. The average molecular weight is 383 g/mol. The van der Waals surface area contributed by atoms with Crippen LogP contribution in [0.5, 0.6) is 0 Å². The minimum atomic E-state index is -0.330. The monoisotopic (exact) mass is 383 g/mol. The van der Waals surface area contributed by atoms with Gasteiger partial charge in [0, 0.05) is 24.3 Å². The van der Waals surface area contributed by atoms with E-state index in [1.54, 1.807) is 0 Å². The van der Waals surface area contributed by atoms with Crippen LogP contribution in [-0.2, 0) is 11.2 Å². The van der Waals surface area contributed by atoms with E-state index in [4.69, 9.17) is 9.05 Å². The molecule has 1 atom stereocenters. The van der Waals surface area contributed by atoms with Gasteiger partial charge in [0.15, 0.2) is 5.82 Å². The topological polar surface area (TPSA) is 107 Å². The van der Waals surface area contributed by atoms with Crippen LogP contribution in [0.4, 0.5) is 0 Å². The van der Waals surface area contributed by atoms with Gasteiger partial charge in [-0.25, -0.2) is 0 Å². The minimum Gasteiger partial charge on any atom is -0.345 e. The first kappa shape index (κ1) is 19.7. The van der Waals surface area contributed by atoms with Gasteiger partial charge in [0.05, 0.1) is 0 Å². The molecule has 0 saturated carbocycles. The zero-order chi connectivity index (χ0) is 20.1. The lowest BCUT2D eigenvalue weighted by Crippen LogP contribution is -2.26. The van der Waals surface area contributed by atoms with Crippen LogP contribution in [0.3, 0.4) is 0 Å². The number of aryl methyl sites for hydroxylation is 2. The molecule has 148 valence electrons. The van der Waals surface area contributed by atoms with E-state index in [1.165, 1.54) is 0 Å². The maximum absolute atomic E-state index is 12.2. The van der Waals surface area contributed by atoms with Crippen LogP contribution in [0.25, 0.3) is 11.4 Å². The Morgan fingerprint density at radius 3 is 2.68 bits per heavy atom. The number of hydrogen-bond donors (Lipinski definition) is 1. The minimum absolute atomic E-state index is 0.0878. The molecule has 0 aliphatic rings. The molecule has 0 spiro atoms. The maximum Gasteiger partial charge on any atom is 0.248 e. The van der Waals surface area contributed by atoms with Gasteiger partial charge in [-0.2, -0.15) is 9.97 Å². The highest BCUT2D eigenvalue weighted by atomic mass is 16.5. The molecule has 2 heterocycles. The number of carbonyl (C=O) groups is 1. The summed E-state index contributed by atoms with van der Waals surface area (Å²) in [6, 6.07) is 7.59. The summed E-state index contributed by atoms with van der Waals surface area (Å²) in [4.78, 5) is 20.9. The van der Waals surface area contributed by atoms with Gasteiger partial charge in [-0.15, -0.1) is 0 Å². The third-order valence-electron chi connectivity index (χ3n) is 4.26. The van der Waals surface area contributed by atoms with Gasteiger partial charge in [0.25, 0.3) is 0 Å². The van der Waals surface area contributed by atoms with Crippen molar-refractivity contribution in [3.63, 3.8) is 0 Å². The number of aromatic nitrogens is 4. The Bertz CT molecular complexity index is 931. The molecule has 0 aliphatic heterocycles. The summed E-state index contributed by atoms with van der Waals surface area (Å²) in [5.41, 5.74) is 2.05. The molecule has 0 saturated heterocycles. The Labute approximate surface area is 163 Å². The number of benzene rings is 1. The number of hydrogen-bond acceptors (Lipinski definition) is 7. The zero-order valence-corrected chi connectivity index (χ0v) is 16.6. The third-order valence-corrected chi connectivity index (χ3v) is 4.26. The van der Waals surface area contributed by atoms with E-state index in [1.807, 2.05) is 52.0 Å². The Hall–Kier alpha value is -3.03. The molecule has 28 heavy (non-hydrogen) atoms. The highest BCUT2D eigenvalue weighted by Gasteiger charge is 2.18. The molecule has 0 bridgehead atoms. The van der Waals surface area contributed by atoms with E-state index in [9.17, 15) is 4.79 Å². The summed E-state index contributed by atoms with van der Waals surface area (Å²) in [6.45, 7) is 7.81. The first-order valence-electron chi connectivity index (χ1n) is 9.45. The second-order valence-electron chi connectivity index (χ2n) is 7.17. The highest BCUT2D eigenvalue weighted by molar-refractivity contribution is 5.76. The molecule has 0 aliphatic carbocycles. The maximum atomic E-state index is 12.2. The van der Waals surface area contributed by atoms with E-state index >= 15 is 0 Å². The van der Waals surface area contributed by atoms with Crippen molar-refractivity contribution in [2.75, 3.05) is 0 Å². The van der Waals surface area contributed by atoms with E-state index in [0.29, 0.717) is 42.7 Å². The molecule has 1 amide bonds. The lowest BCUT2D eigenvalue weighted by molar-refractivity contribution is -0.122. The van der Waals surface area contributed by atoms with Crippen molar-refractivity contribution in [1.29, 1.82) is 0 Å². The number of rotatable bonds is 8. The van der Waals surface area contributed by atoms with Crippen LogP contribution in [0.15, 0.2) is 33.3 Å². The summed E-state index contributed by atoms with van der Waals surface area (Å²) < 4.78 is 10.5. The third kappa shape index (κ3) is 5.03. The standard InChI is InChI=1S/C20H25N5O3/c1-12(2)18-23-20(28-24-18)14(4)21-16(26)9-6-10-17-22-19(25-27-17)15-8-5-7-13(3)11-15/h5,7-8,11-12,14H,6,9-10H2,1-4H3,(H,21,26). The largest absolute Gasteiger partial charge is 0.345 e. The van der Waals surface area contributed by atoms with Gasteiger partial charge in [-0.05, 0) is 26.3 Å². The molecular formula is C20H25N5O3. The summed E-state index contributed by atoms with van der Waals surface area (Å²) in [5.74, 6) is 2.23. The van der Waals surface area contributed by atoms with Crippen molar-refractivity contribution < 1.29 is 13.8 Å². The van der Waals surface area contributed by atoms with Gasteiger partial charge in [-0.1, -0.05) is 47.9 Å². The van der Waals surface area contributed by atoms with E-state index in [-0.39, 0.29) is 17.9 Å². The second kappa shape index (κ2) is 8.77. The van der Waals surface area contributed by atoms with Gasteiger partial charge in [-0.3, -0.25) is 4.79 Å². The Morgan fingerprint density at radius 2 is 1.96 bits per heavy atom. The lowest BCUT2D eigenvalue weighted by Gasteiger charge is -2.09. The fourth-order valence-corrected chi connectivity index (χ4v) is 2.69. The van der Waals surface area contributed by atoms with E-state index in [0.717, 1.165) is 11.1 Å². The Balaban J connectivity index is 1.46. The average Bonchev–Trinajstić information content (AvgIpc) is 3.31. The first-order chi connectivity index (χ1) is 13.4. The van der Waals surface area contributed by atoms with Crippen LogP contribution in [0.2, 0.25) is 0 Å². The van der Waals surface area contributed by atoms with Crippen molar-refractivity contribution in [3.05, 3.63) is 47.4 Å². The van der Waals surface area contributed by atoms with Gasteiger partial charge < -0.3 is 14.4 Å². The molecule has 0 radical (unpaired) electrons. The molecule has 1 unspecified atom stereocenters. The van der Waals surface area contributed by atoms with Gasteiger partial charge in [0.1, 0.15) is 6.04 Å². The summed E-state index contributed by atoms with van der Waals surface area (Å²) >= 11 is 0. The van der Waals surface area contributed by atoms with Gasteiger partial charge >= 0.3 is 0 Å². The first-order valence-corrected chi connectivity index (χ1v) is 9.45. The zero-order valence-electron chi connectivity index (χ0n) is 16.6. The van der Waals surface area contributed by atoms with Crippen LogP contribution in [0.1, 0.15) is 68.7 Å². The Kier molecular flexibility index (Phi) is 6.18. The normalized spacial score (nSPS) is 12.3. The summed E-state index contributed by atoms with van der Waals surface area (Å²) in [5, 5.41) is 10.8. The van der Waals surface area contributed by atoms with Crippen LogP contribution in [-0.4, -0.2) is 26.2 Å². The second-order valence-corrected chi connectivity index (χ2v) is 7.17. The summed E-state index contributed by atoms with van der Waals surface area (Å²) in [6.07, 6.45) is 1.49. The molecule has 8 nitrogen and oxygen atoms in total. The van der Waals surface area contributed by atoms with Crippen molar-refractivity contribution in [2.45, 2.75) is 58.9 Å². The fraction of sp³-hybridized carbons (Fsp3) is 0.450. The van der Waals surface area contributed by atoms with Crippen LogP contribution < -0.4 is 5.32 Å². The molecule has 3 rings (SSSR count). The lowest BCUT2D eigenvalue weighted by atomic mass is 10.1. The van der Waals surface area contributed by atoms with Crippen LogP contribution in [0, 0.1) is 6.92 Å². The van der Waals surface area contributed by atoms with E-state index in [2.05, 4.69) is 25.6 Å². The number of carbonyl (C=O) groups excluding carboxylic acids is 1. The quantitative estimate of drug-likeness (QED) is 0.631. The predicted octanol–water partition coefficient (Wildman–Crippen LogP) is 3.75. The molecule has 0 fully saturated rings. The van der Waals surface area contributed by atoms with Crippen molar-refractivity contribution >= 4 is 5.91 Å². The molecular weight excluding hydrogens is 358 g/mol. The van der Waals surface area contributed by atoms with Crippen molar-refractivity contribution in [1.82, 2.24) is 25.6 Å². The number of nitrogens with one attached hydrogen (secondary N) is 1. The highest BCUT2D eigenvalue weighted by Crippen LogP contribution is 2.18. The Morgan fingerprint density at radius 1 is 1.14 bits per heavy atom. The van der Waals surface area contributed by atoms with Gasteiger partial charge in [0.2, 0.25) is 23.5 Å². The SMILES string of the molecule is Cc1cccc(-c2noc(CCCC(=O)NC(C)c3nc(C(C)C)no3)n2)c1. The summed E-state index contributed by atoms with van der Waals surface area (Å²) in [7, 11) is 0. The molecule has 1 aromatic carbocycles. The van der Waals surface area contributed by atoms with Crippen molar-refractivity contribution in [3.8, 4) is 11.4 Å². The smallest absolute Gasteiger partial charge is 0.248 e. The molecule has 3 aromatic rings. The van der Waals surface area contributed by atoms with Crippen LogP contribution >= 0.6 is 0 Å². The predicted molar refractivity (Wildman–Crippen MR) is 102 cm³/mol.